The van der Waals surface area contributed by atoms with Gasteiger partial charge in [0.25, 0.3) is 0 Å². The molecule has 3 heteroatoms. The molecule has 0 aromatic heterocycles. The molecule has 0 bridgehead atoms. The quantitative estimate of drug-likeness (QED) is 0.734. The van der Waals surface area contributed by atoms with Gasteiger partial charge in [-0.25, -0.2) is 0 Å². The fourth-order valence-corrected chi connectivity index (χ4v) is 1.69. The molecule has 3 nitrogen and oxygen atoms in total. The Morgan fingerprint density at radius 3 is 2.79 bits per heavy atom. The summed E-state index contributed by atoms with van der Waals surface area (Å²) in [5.41, 5.74) is 6.52. The first-order valence-corrected chi connectivity index (χ1v) is 4.85. The van der Waals surface area contributed by atoms with E-state index in [4.69, 9.17) is 5.73 Å². The topological polar surface area (TPSA) is 55.1 Å². The van der Waals surface area contributed by atoms with Crippen LogP contribution in [0.5, 0.6) is 0 Å². The van der Waals surface area contributed by atoms with Crippen molar-refractivity contribution >= 4 is 5.91 Å². The van der Waals surface area contributed by atoms with Gasteiger partial charge < -0.3 is 11.1 Å². The number of nitrogens with two attached hydrogens (primary N) is 1. The number of rotatable bonds is 3. The lowest BCUT2D eigenvalue weighted by molar-refractivity contribution is -0.119. The van der Waals surface area contributed by atoms with Crippen molar-refractivity contribution in [3.63, 3.8) is 0 Å². The van der Waals surface area contributed by atoms with Crippen molar-refractivity contribution in [2.75, 3.05) is 6.54 Å². The molecule has 14 heavy (non-hydrogen) atoms. The molecule has 2 atom stereocenters. The minimum atomic E-state index is -0.0616. The summed E-state index contributed by atoms with van der Waals surface area (Å²) >= 11 is 0. The summed E-state index contributed by atoms with van der Waals surface area (Å²) in [7, 11) is 0. The molecular weight excluding hydrogens is 176 g/mol. The van der Waals surface area contributed by atoms with Crippen LogP contribution in [-0.4, -0.2) is 18.5 Å². The van der Waals surface area contributed by atoms with Crippen LogP contribution in [0.1, 0.15) is 17.9 Å². The van der Waals surface area contributed by atoms with Gasteiger partial charge in [-0.15, -0.1) is 0 Å². The zero-order valence-electron chi connectivity index (χ0n) is 7.94. The summed E-state index contributed by atoms with van der Waals surface area (Å²) in [4.78, 5) is 11.0. The normalized spacial score (nSPS) is 24.4. The van der Waals surface area contributed by atoms with Gasteiger partial charge in [0.15, 0.2) is 0 Å². The van der Waals surface area contributed by atoms with Gasteiger partial charge in [-0.2, -0.15) is 0 Å². The average molecular weight is 190 g/mol. The second kappa shape index (κ2) is 3.80. The third kappa shape index (κ3) is 1.93. The van der Waals surface area contributed by atoms with Crippen LogP contribution in [0.2, 0.25) is 0 Å². The fraction of sp³-hybridized carbons (Fsp3) is 0.364. The maximum atomic E-state index is 11.0. The third-order valence-corrected chi connectivity index (χ3v) is 2.55. The van der Waals surface area contributed by atoms with Crippen molar-refractivity contribution < 1.29 is 4.79 Å². The highest BCUT2D eigenvalue weighted by Gasteiger charge is 2.38. The van der Waals surface area contributed by atoms with Gasteiger partial charge in [-0.1, -0.05) is 30.3 Å². The smallest absolute Gasteiger partial charge is 0.233 e. The van der Waals surface area contributed by atoms with E-state index in [9.17, 15) is 4.79 Å². The lowest BCUT2D eigenvalue weighted by Crippen LogP contribution is -2.32. The molecule has 0 heterocycles. The Morgan fingerprint density at radius 1 is 1.43 bits per heavy atom. The zero-order valence-corrected chi connectivity index (χ0v) is 7.94. The van der Waals surface area contributed by atoms with E-state index in [0.717, 1.165) is 6.42 Å². The SMILES string of the molecule is NCC(=O)NC1CC1c1ccccc1. The van der Waals surface area contributed by atoms with Gasteiger partial charge in [-0.05, 0) is 12.0 Å². The van der Waals surface area contributed by atoms with Crippen molar-refractivity contribution in [1.29, 1.82) is 0 Å². The first kappa shape index (κ1) is 9.21. The molecule has 1 aliphatic rings. The predicted molar refractivity (Wildman–Crippen MR) is 54.8 cm³/mol. The van der Waals surface area contributed by atoms with Gasteiger partial charge >= 0.3 is 0 Å². The van der Waals surface area contributed by atoms with E-state index in [-0.39, 0.29) is 12.5 Å². The van der Waals surface area contributed by atoms with Gasteiger partial charge in [0.1, 0.15) is 0 Å². The largest absolute Gasteiger partial charge is 0.352 e. The van der Waals surface area contributed by atoms with Crippen molar-refractivity contribution in [3.05, 3.63) is 35.9 Å². The molecule has 0 aliphatic heterocycles. The Hall–Kier alpha value is -1.35. The van der Waals surface area contributed by atoms with Crippen molar-refractivity contribution in [1.82, 2.24) is 5.32 Å². The Morgan fingerprint density at radius 2 is 2.14 bits per heavy atom. The van der Waals surface area contributed by atoms with Crippen molar-refractivity contribution in [3.8, 4) is 0 Å². The standard InChI is InChI=1S/C11H14N2O/c12-7-11(14)13-10-6-9(10)8-4-2-1-3-5-8/h1-5,9-10H,6-7,12H2,(H,13,14). The lowest BCUT2D eigenvalue weighted by Gasteiger charge is -2.02. The monoisotopic (exact) mass is 190 g/mol. The highest BCUT2D eigenvalue weighted by atomic mass is 16.1. The van der Waals surface area contributed by atoms with Crippen LogP contribution in [0, 0.1) is 0 Å². The molecular formula is C11H14N2O. The summed E-state index contributed by atoms with van der Waals surface area (Å²) in [6, 6.07) is 10.5. The van der Waals surface area contributed by atoms with E-state index in [2.05, 4.69) is 17.4 Å². The molecule has 0 saturated heterocycles. The van der Waals surface area contributed by atoms with Crippen molar-refractivity contribution in [2.24, 2.45) is 5.73 Å². The molecule has 1 saturated carbocycles. The number of hydrogen-bond donors (Lipinski definition) is 2. The molecule has 1 aromatic carbocycles. The molecule has 1 aliphatic carbocycles. The summed E-state index contributed by atoms with van der Waals surface area (Å²) < 4.78 is 0. The molecule has 74 valence electrons. The van der Waals surface area contributed by atoms with Crippen molar-refractivity contribution in [2.45, 2.75) is 18.4 Å². The van der Waals surface area contributed by atoms with Gasteiger partial charge in [0.2, 0.25) is 5.91 Å². The second-order valence-corrected chi connectivity index (χ2v) is 3.63. The highest BCUT2D eigenvalue weighted by Crippen LogP contribution is 2.40. The number of carbonyl (C=O) groups is 1. The summed E-state index contributed by atoms with van der Waals surface area (Å²) in [5.74, 6) is 0.431. The third-order valence-electron chi connectivity index (χ3n) is 2.55. The zero-order chi connectivity index (χ0) is 9.97. The minimum absolute atomic E-state index is 0.0616. The number of nitrogens with one attached hydrogen (secondary N) is 1. The van der Waals surface area contributed by atoms with Gasteiger partial charge in [0.05, 0.1) is 6.54 Å². The Kier molecular flexibility index (Phi) is 2.50. The molecule has 1 fully saturated rings. The number of amides is 1. The molecule has 0 spiro atoms. The minimum Gasteiger partial charge on any atom is -0.352 e. The number of carbonyl (C=O) groups excluding carboxylic acids is 1. The van der Waals surface area contributed by atoms with Crippen LogP contribution in [-0.2, 0) is 4.79 Å². The summed E-state index contributed by atoms with van der Waals surface area (Å²) in [6.07, 6.45) is 1.04. The van der Waals surface area contributed by atoms with E-state index in [0.29, 0.717) is 12.0 Å². The number of benzene rings is 1. The molecule has 2 rings (SSSR count). The van der Waals surface area contributed by atoms with Crippen LogP contribution >= 0.6 is 0 Å². The van der Waals surface area contributed by atoms with Crippen LogP contribution in [0.4, 0.5) is 0 Å². The highest BCUT2D eigenvalue weighted by molar-refractivity contribution is 5.78. The predicted octanol–water partition coefficient (Wildman–Crippen LogP) is 0.617. The first-order chi connectivity index (χ1) is 6.81. The average Bonchev–Trinajstić information content (AvgIpc) is 2.98. The maximum Gasteiger partial charge on any atom is 0.233 e. The van der Waals surface area contributed by atoms with Gasteiger partial charge in [-0.3, -0.25) is 4.79 Å². The number of hydrogen-bond acceptors (Lipinski definition) is 2. The molecule has 2 unspecified atom stereocenters. The summed E-state index contributed by atoms with van der Waals surface area (Å²) in [6.45, 7) is 0.0814. The molecule has 0 radical (unpaired) electrons. The Bertz CT molecular complexity index is 323. The Labute approximate surface area is 83.3 Å². The van der Waals surface area contributed by atoms with E-state index in [1.54, 1.807) is 0 Å². The first-order valence-electron chi connectivity index (χ1n) is 4.85. The molecule has 1 amide bonds. The lowest BCUT2D eigenvalue weighted by atomic mass is 10.1. The van der Waals surface area contributed by atoms with E-state index < -0.39 is 0 Å². The van der Waals surface area contributed by atoms with Crippen LogP contribution in [0.3, 0.4) is 0 Å². The molecule has 3 N–H and O–H groups in total. The van der Waals surface area contributed by atoms with Crippen LogP contribution in [0.15, 0.2) is 30.3 Å². The van der Waals surface area contributed by atoms with Crippen LogP contribution in [0.25, 0.3) is 0 Å². The van der Waals surface area contributed by atoms with Gasteiger partial charge in [0, 0.05) is 12.0 Å². The van der Waals surface area contributed by atoms with Crippen LogP contribution < -0.4 is 11.1 Å². The second-order valence-electron chi connectivity index (χ2n) is 3.63. The maximum absolute atomic E-state index is 11.0. The van der Waals surface area contributed by atoms with E-state index in [1.165, 1.54) is 5.56 Å². The fourth-order valence-electron chi connectivity index (χ4n) is 1.69. The molecule has 1 aromatic rings. The Balaban J connectivity index is 1.91. The van der Waals surface area contributed by atoms with E-state index in [1.807, 2.05) is 18.2 Å². The summed E-state index contributed by atoms with van der Waals surface area (Å²) in [5, 5.41) is 2.89. The van der Waals surface area contributed by atoms with E-state index >= 15 is 0 Å².